The summed E-state index contributed by atoms with van der Waals surface area (Å²) in [5, 5.41) is 43.9. The highest BCUT2D eigenvalue weighted by Crippen LogP contribution is 2.43. The fourth-order valence-corrected chi connectivity index (χ4v) is 2.74. The fraction of sp³-hybridized carbons (Fsp3) is 0.500. The van der Waals surface area contributed by atoms with Crippen molar-refractivity contribution in [1.82, 2.24) is 0 Å². The predicted molar refractivity (Wildman–Crippen MR) is 75.3 cm³/mol. The Labute approximate surface area is 129 Å². The highest BCUT2D eigenvalue weighted by molar-refractivity contribution is 5.61. The molecule has 0 amide bonds. The third kappa shape index (κ3) is 3.15. The molecule has 2 saturated heterocycles. The molecule has 2 aliphatic rings. The maximum absolute atomic E-state index is 10.8. The summed E-state index contributed by atoms with van der Waals surface area (Å²) in [5.74, 6) is 0. The van der Waals surface area contributed by atoms with Crippen molar-refractivity contribution in [3.05, 3.63) is 44.1 Å². The van der Waals surface area contributed by atoms with Crippen LogP contribution < -0.4 is 5.73 Å². The fourth-order valence-electron chi connectivity index (χ4n) is 2.74. The molecule has 11 nitrogen and oxygen atoms in total. The van der Waals surface area contributed by atoms with Crippen LogP contribution in [0.4, 0.5) is 11.4 Å². The van der Waals surface area contributed by atoms with E-state index in [2.05, 4.69) is 4.98 Å². The van der Waals surface area contributed by atoms with Gasteiger partial charge in [0.1, 0.15) is 23.9 Å². The van der Waals surface area contributed by atoms with Crippen molar-refractivity contribution in [2.24, 2.45) is 0 Å². The van der Waals surface area contributed by atoms with Gasteiger partial charge in [0, 0.05) is 17.3 Å². The minimum atomic E-state index is -1.75. The number of nitrogens with two attached hydrogens (primary N) is 1. The number of aliphatic hydroxyl groups is 2. The lowest BCUT2D eigenvalue weighted by atomic mass is 9.87. The molecule has 23 heavy (non-hydrogen) atoms. The van der Waals surface area contributed by atoms with Gasteiger partial charge in [0.25, 0.3) is 0 Å². The van der Waals surface area contributed by atoms with Gasteiger partial charge in [0.05, 0.1) is 24.4 Å². The van der Waals surface area contributed by atoms with Gasteiger partial charge in [-0.15, -0.1) is 0 Å². The first-order chi connectivity index (χ1) is 10.8. The zero-order valence-corrected chi connectivity index (χ0v) is 11.7. The van der Waals surface area contributed by atoms with E-state index in [0.717, 1.165) is 0 Å². The van der Waals surface area contributed by atoms with E-state index in [1.54, 1.807) is 6.07 Å². The molecular weight excluding hydrogens is 312 g/mol. The molecule has 0 saturated carbocycles. The van der Waals surface area contributed by atoms with Gasteiger partial charge in [-0.05, 0) is 6.07 Å². The van der Waals surface area contributed by atoms with Gasteiger partial charge in [0.15, 0.2) is 4.98 Å². The average molecular weight is 326 g/mol. The number of ether oxygens (including phenoxy) is 2. The number of anilines is 1. The molecule has 0 unspecified atom stereocenters. The number of benzene rings is 1. The molecule has 2 heterocycles. The van der Waals surface area contributed by atoms with Crippen LogP contribution in [0.15, 0.2) is 18.2 Å². The molecule has 0 spiro atoms. The van der Waals surface area contributed by atoms with E-state index >= 15 is 0 Å². The Kier molecular flexibility index (Phi) is 4.62. The van der Waals surface area contributed by atoms with E-state index < -0.39 is 29.0 Å². The van der Waals surface area contributed by atoms with Crippen LogP contribution in [-0.2, 0) is 15.1 Å². The van der Waals surface area contributed by atoms with Crippen molar-refractivity contribution >= 4 is 11.4 Å². The normalized spacial score (nSPS) is 31.6. The second-order valence-electron chi connectivity index (χ2n) is 5.12. The van der Waals surface area contributed by atoms with E-state index in [0.29, 0.717) is 11.3 Å². The van der Waals surface area contributed by atoms with Gasteiger partial charge in [0.2, 0.25) is 5.39 Å². The van der Waals surface area contributed by atoms with E-state index in [4.69, 9.17) is 35.9 Å². The number of aliphatic hydroxyl groups excluding tert-OH is 1. The summed E-state index contributed by atoms with van der Waals surface area (Å²) in [6.45, 7) is 0.126. The summed E-state index contributed by atoms with van der Waals surface area (Å²) in [6.07, 6.45) is -1.94. The molecule has 124 valence electrons. The van der Waals surface area contributed by atoms with E-state index in [1.807, 2.05) is 0 Å². The van der Waals surface area contributed by atoms with Crippen LogP contribution in [0.1, 0.15) is 5.56 Å². The topological polar surface area (TPSA) is 179 Å². The molecule has 1 aromatic rings. The van der Waals surface area contributed by atoms with E-state index in [-0.39, 0.29) is 18.9 Å². The molecule has 1 aromatic carbocycles. The summed E-state index contributed by atoms with van der Waals surface area (Å²) in [6, 6.07) is 4.55. The lowest BCUT2D eigenvalue weighted by Gasteiger charge is -2.28. The van der Waals surface area contributed by atoms with Crippen molar-refractivity contribution in [2.75, 3.05) is 18.9 Å². The number of nitrogen functional groups attached to an aromatic ring is 1. The van der Waals surface area contributed by atoms with Crippen LogP contribution in [0.2, 0.25) is 0 Å². The van der Waals surface area contributed by atoms with Crippen LogP contribution in [-0.4, -0.2) is 46.8 Å². The molecule has 2 fully saturated rings. The highest BCUT2D eigenvalue weighted by atomic mass is 16.9. The molecular formula is C12H14N4O7. The van der Waals surface area contributed by atoms with Crippen molar-refractivity contribution in [3.8, 4) is 0 Å². The highest BCUT2D eigenvalue weighted by Gasteiger charge is 2.57. The van der Waals surface area contributed by atoms with Gasteiger partial charge < -0.3 is 40.7 Å². The Morgan fingerprint density at radius 2 is 2.09 bits per heavy atom. The zero-order chi connectivity index (χ0) is 17.2. The minimum Gasteiger partial charge on any atom is -0.398 e. The van der Waals surface area contributed by atoms with Gasteiger partial charge in [-0.2, -0.15) is 0 Å². The summed E-state index contributed by atoms with van der Waals surface area (Å²) >= 11 is 0. The SMILES string of the molecule is N#[N+]c1ccc([C@@]2(O)CO[C@@H]3[C@H](O)CO[C@@H]32)c(N)c1.O=[N+]([O-])[O-]. The molecule has 0 aromatic heterocycles. The molecule has 3 rings (SSSR count). The van der Waals surface area contributed by atoms with E-state index in [1.165, 1.54) is 12.1 Å². The monoisotopic (exact) mass is 326 g/mol. The number of fused-ring (bicyclic) bond motifs is 1. The number of hydrogen-bond donors (Lipinski definition) is 3. The summed E-state index contributed by atoms with van der Waals surface area (Å²) in [7, 11) is 0. The molecule has 0 bridgehead atoms. The average Bonchev–Trinajstić information content (AvgIpc) is 3.01. The molecule has 0 radical (unpaired) electrons. The maximum Gasteiger partial charge on any atom is 0.387 e. The quantitative estimate of drug-likeness (QED) is 0.274. The van der Waals surface area contributed by atoms with Crippen LogP contribution >= 0.6 is 0 Å². The summed E-state index contributed by atoms with van der Waals surface area (Å²) < 4.78 is 10.8. The second-order valence-corrected chi connectivity index (χ2v) is 5.12. The third-order valence-corrected chi connectivity index (χ3v) is 3.71. The Hall–Kier alpha value is -2.52. The zero-order valence-electron chi connectivity index (χ0n) is 11.7. The molecule has 11 heteroatoms. The lowest BCUT2D eigenvalue weighted by molar-refractivity contribution is -0.402. The minimum absolute atomic E-state index is 0.000786. The second kappa shape index (κ2) is 6.31. The Morgan fingerprint density at radius 1 is 1.43 bits per heavy atom. The third-order valence-electron chi connectivity index (χ3n) is 3.71. The van der Waals surface area contributed by atoms with Gasteiger partial charge in [-0.3, -0.25) is 0 Å². The molecule has 4 N–H and O–H groups in total. The van der Waals surface area contributed by atoms with Gasteiger partial charge in [-0.1, -0.05) is 0 Å². The van der Waals surface area contributed by atoms with Gasteiger partial charge >= 0.3 is 5.69 Å². The van der Waals surface area contributed by atoms with Crippen molar-refractivity contribution in [2.45, 2.75) is 23.9 Å². The lowest BCUT2D eigenvalue weighted by Crippen LogP contribution is -2.41. The first-order valence-electron chi connectivity index (χ1n) is 6.50. The summed E-state index contributed by atoms with van der Waals surface area (Å²) in [5.41, 5.74) is 5.50. The standard InChI is InChI=1S/C12H14N3O4.NO3/c13-8-3-6(15-14)1-2-7(8)12(17)5-19-10-9(16)4-18-11(10)12;2-1(3)4/h1-3,9-11,16-17H,4-5,13H2;/q+1;-1/t9-,10-,11+,12+;/m1./s1. The predicted octanol–water partition coefficient (Wildman–Crippen LogP) is -0.140. The van der Waals surface area contributed by atoms with Crippen molar-refractivity contribution in [1.29, 1.82) is 5.39 Å². The number of hydrogen-bond acceptors (Lipinski definition) is 9. The molecule has 0 aliphatic carbocycles. The Bertz CT molecular complexity index is 645. The van der Waals surface area contributed by atoms with Crippen molar-refractivity contribution < 1.29 is 24.8 Å². The Morgan fingerprint density at radius 3 is 2.65 bits per heavy atom. The molecule has 4 atom stereocenters. The Balaban J connectivity index is 0.000000433. The number of nitrogens with zero attached hydrogens (tertiary/aromatic N) is 3. The first-order valence-corrected chi connectivity index (χ1v) is 6.50. The largest absolute Gasteiger partial charge is 0.398 e. The number of rotatable bonds is 1. The molecule has 2 aliphatic heterocycles. The number of diazo groups is 1. The van der Waals surface area contributed by atoms with Crippen LogP contribution in [0.5, 0.6) is 0 Å². The van der Waals surface area contributed by atoms with E-state index in [9.17, 15) is 10.2 Å². The maximum atomic E-state index is 10.8. The van der Waals surface area contributed by atoms with Gasteiger partial charge in [-0.25, -0.2) is 0 Å². The first kappa shape index (κ1) is 16.8. The van der Waals surface area contributed by atoms with Crippen molar-refractivity contribution in [3.63, 3.8) is 0 Å². The van der Waals surface area contributed by atoms with Crippen LogP contribution in [0.25, 0.3) is 4.98 Å². The van der Waals surface area contributed by atoms with Crippen LogP contribution in [0.3, 0.4) is 0 Å². The smallest absolute Gasteiger partial charge is 0.387 e. The van der Waals surface area contributed by atoms with Crippen LogP contribution in [0, 0.1) is 20.7 Å². The summed E-state index contributed by atoms with van der Waals surface area (Å²) in [4.78, 5) is 11.3.